The molecule has 1 aromatic carbocycles. The van der Waals surface area contributed by atoms with Crippen molar-refractivity contribution in [1.82, 2.24) is 0 Å². The molecule has 1 atom stereocenters. The largest absolute Gasteiger partial charge is 0.385 e. The Bertz CT molecular complexity index is 455. The fourth-order valence-corrected chi connectivity index (χ4v) is 2.04. The molecule has 0 fully saturated rings. The van der Waals surface area contributed by atoms with Crippen LogP contribution in [0.3, 0.4) is 0 Å². The van der Waals surface area contributed by atoms with E-state index in [1.807, 2.05) is 0 Å². The maximum atomic E-state index is 13.4. The van der Waals surface area contributed by atoms with Gasteiger partial charge in [-0.15, -0.1) is 0 Å². The first-order valence-corrected chi connectivity index (χ1v) is 6.76. The van der Waals surface area contributed by atoms with Crippen LogP contribution in [-0.4, -0.2) is 25.7 Å². The van der Waals surface area contributed by atoms with Gasteiger partial charge in [0.15, 0.2) is 0 Å². The highest BCUT2D eigenvalue weighted by Crippen LogP contribution is 2.24. The zero-order valence-electron chi connectivity index (χ0n) is 11.0. The van der Waals surface area contributed by atoms with E-state index >= 15 is 0 Å². The van der Waals surface area contributed by atoms with Gasteiger partial charge in [-0.2, -0.15) is 0 Å². The highest BCUT2D eigenvalue weighted by atomic mass is 79.9. The minimum absolute atomic E-state index is 0.319. The number of anilines is 1. The molecule has 1 rings (SSSR count). The zero-order valence-corrected chi connectivity index (χ0v) is 12.6. The predicted octanol–water partition coefficient (Wildman–Crippen LogP) is 2.59. The van der Waals surface area contributed by atoms with E-state index in [-0.39, 0.29) is 5.91 Å². The SMILES string of the molecule is COCCCC(N)C(=O)Nc1cc(F)c(Br)cc1C. The number of aryl methyl sites for hydroxylation is 1. The van der Waals surface area contributed by atoms with Crippen molar-refractivity contribution >= 4 is 27.5 Å². The average Bonchev–Trinajstić information content (AvgIpc) is 2.36. The van der Waals surface area contributed by atoms with E-state index in [1.54, 1.807) is 20.1 Å². The van der Waals surface area contributed by atoms with Crippen molar-refractivity contribution in [3.05, 3.63) is 28.0 Å². The number of hydrogen-bond acceptors (Lipinski definition) is 3. The number of benzene rings is 1. The molecule has 0 aliphatic rings. The average molecular weight is 333 g/mol. The lowest BCUT2D eigenvalue weighted by atomic mass is 10.1. The van der Waals surface area contributed by atoms with Gasteiger partial charge in [-0.25, -0.2) is 4.39 Å². The third-order valence-corrected chi connectivity index (χ3v) is 3.33. The molecule has 0 bridgehead atoms. The predicted molar refractivity (Wildman–Crippen MR) is 76.6 cm³/mol. The Hall–Kier alpha value is -0.980. The monoisotopic (exact) mass is 332 g/mol. The minimum Gasteiger partial charge on any atom is -0.385 e. The molecular formula is C13H18BrFN2O2. The molecule has 0 spiro atoms. The third kappa shape index (κ3) is 4.89. The van der Waals surface area contributed by atoms with E-state index in [0.717, 1.165) is 5.56 Å². The standard InChI is InChI=1S/C13H18BrFN2O2/c1-8-6-9(14)10(15)7-12(8)17-13(18)11(16)4-3-5-19-2/h6-7,11H,3-5,16H2,1-2H3,(H,17,18). The number of nitrogens with one attached hydrogen (secondary N) is 1. The number of ether oxygens (including phenoxy) is 1. The molecule has 0 heterocycles. The van der Waals surface area contributed by atoms with Crippen LogP contribution < -0.4 is 11.1 Å². The lowest BCUT2D eigenvalue weighted by Gasteiger charge is -2.14. The zero-order chi connectivity index (χ0) is 14.4. The van der Waals surface area contributed by atoms with Gasteiger partial charge in [-0.1, -0.05) is 0 Å². The Morgan fingerprint density at radius 3 is 2.89 bits per heavy atom. The molecule has 1 amide bonds. The summed E-state index contributed by atoms with van der Waals surface area (Å²) in [7, 11) is 1.60. The van der Waals surface area contributed by atoms with Crippen LogP contribution >= 0.6 is 15.9 Å². The first-order chi connectivity index (χ1) is 8.95. The van der Waals surface area contributed by atoms with Gasteiger partial charge in [-0.3, -0.25) is 4.79 Å². The number of hydrogen-bond donors (Lipinski definition) is 2. The second-order valence-corrected chi connectivity index (χ2v) is 5.17. The molecule has 4 nitrogen and oxygen atoms in total. The summed E-state index contributed by atoms with van der Waals surface area (Å²) in [5.74, 6) is -0.741. The second-order valence-electron chi connectivity index (χ2n) is 4.31. The molecule has 0 saturated heterocycles. The van der Waals surface area contributed by atoms with Gasteiger partial charge in [0, 0.05) is 19.4 Å². The molecule has 0 radical (unpaired) electrons. The first-order valence-electron chi connectivity index (χ1n) is 5.96. The Morgan fingerprint density at radius 1 is 1.58 bits per heavy atom. The van der Waals surface area contributed by atoms with E-state index in [9.17, 15) is 9.18 Å². The van der Waals surface area contributed by atoms with Crippen molar-refractivity contribution in [3.8, 4) is 0 Å². The van der Waals surface area contributed by atoms with E-state index in [0.29, 0.717) is 29.6 Å². The molecule has 6 heteroatoms. The maximum absolute atomic E-state index is 13.4. The van der Waals surface area contributed by atoms with Crippen LogP contribution in [0.1, 0.15) is 18.4 Å². The molecule has 3 N–H and O–H groups in total. The smallest absolute Gasteiger partial charge is 0.241 e. The maximum Gasteiger partial charge on any atom is 0.241 e. The molecule has 1 aromatic rings. The van der Waals surface area contributed by atoms with E-state index < -0.39 is 11.9 Å². The topological polar surface area (TPSA) is 64.3 Å². The van der Waals surface area contributed by atoms with Gasteiger partial charge in [0.25, 0.3) is 0 Å². The molecule has 1 unspecified atom stereocenters. The molecular weight excluding hydrogens is 315 g/mol. The molecule has 106 valence electrons. The van der Waals surface area contributed by atoms with E-state index in [2.05, 4.69) is 21.2 Å². The molecule has 0 aliphatic carbocycles. The molecule has 0 aliphatic heterocycles. The van der Waals surface area contributed by atoms with Crippen LogP contribution in [0.5, 0.6) is 0 Å². The van der Waals surface area contributed by atoms with Gasteiger partial charge in [0.2, 0.25) is 5.91 Å². The van der Waals surface area contributed by atoms with Gasteiger partial charge < -0.3 is 15.8 Å². The lowest BCUT2D eigenvalue weighted by molar-refractivity contribution is -0.117. The van der Waals surface area contributed by atoms with Gasteiger partial charge >= 0.3 is 0 Å². The summed E-state index contributed by atoms with van der Waals surface area (Å²) in [6.45, 7) is 2.35. The van der Waals surface area contributed by atoms with Gasteiger partial charge in [0.1, 0.15) is 5.82 Å². The van der Waals surface area contributed by atoms with Crippen molar-refractivity contribution in [2.24, 2.45) is 5.73 Å². The van der Waals surface area contributed by atoms with Crippen molar-refractivity contribution in [2.45, 2.75) is 25.8 Å². The Morgan fingerprint density at radius 2 is 2.26 bits per heavy atom. The van der Waals surface area contributed by atoms with Crippen molar-refractivity contribution in [2.75, 3.05) is 19.0 Å². The van der Waals surface area contributed by atoms with Crippen LogP contribution in [0.4, 0.5) is 10.1 Å². The quantitative estimate of drug-likeness (QED) is 0.787. The summed E-state index contributed by atoms with van der Waals surface area (Å²) in [5, 5.41) is 2.64. The van der Waals surface area contributed by atoms with Crippen molar-refractivity contribution < 1.29 is 13.9 Å². The number of rotatable bonds is 6. The third-order valence-electron chi connectivity index (χ3n) is 2.73. The van der Waals surface area contributed by atoms with Crippen LogP contribution in [-0.2, 0) is 9.53 Å². The fraction of sp³-hybridized carbons (Fsp3) is 0.462. The van der Waals surface area contributed by atoms with Crippen LogP contribution in [0.2, 0.25) is 0 Å². The van der Waals surface area contributed by atoms with E-state index in [4.69, 9.17) is 10.5 Å². The molecule has 19 heavy (non-hydrogen) atoms. The first kappa shape index (κ1) is 16.1. The molecule has 0 saturated carbocycles. The number of nitrogens with two attached hydrogens (primary N) is 1. The van der Waals surface area contributed by atoms with Crippen molar-refractivity contribution in [1.29, 1.82) is 0 Å². The summed E-state index contributed by atoms with van der Waals surface area (Å²) in [6, 6.07) is 2.27. The highest BCUT2D eigenvalue weighted by molar-refractivity contribution is 9.10. The van der Waals surface area contributed by atoms with Crippen LogP contribution in [0.25, 0.3) is 0 Å². The number of carbonyl (C=O) groups is 1. The number of halogens is 2. The van der Waals surface area contributed by atoms with E-state index in [1.165, 1.54) is 6.07 Å². The summed E-state index contributed by atoms with van der Waals surface area (Å²) in [4.78, 5) is 11.8. The summed E-state index contributed by atoms with van der Waals surface area (Å²) in [5.41, 5.74) is 6.96. The second kappa shape index (κ2) is 7.57. The number of carbonyl (C=O) groups excluding carboxylic acids is 1. The Balaban J connectivity index is 2.64. The van der Waals surface area contributed by atoms with Gasteiger partial charge in [-0.05, 0) is 53.4 Å². The normalized spacial score (nSPS) is 12.3. The Kier molecular flexibility index (Phi) is 6.41. The summed E-state index contributed by atoms with van der Waals surface area (Å²) < 4.78 is 18.7. The number of methoxy groups -OCH3 is 1. The van der Waals surface area contributed by atoms with Gasteiger partial charge in [0.05, 0.1) is 10.5 Å². The summed E-state index contributed by atoms with van der Waals surface area (Å²) in [6.07, 6.45) is 1.23. The van der Waals surface area contributed by atoms with Crippen LogP contribution in [0.15, 0.2) is 16.6 Å². The van der Waals surface area contributed by atoms with Crippen LogP contribution in [0, 0.1) is 12.7 Å². The highest BCUT2D eigenvalue weighted by Gasteiger charge is 2.15. The minimum atomic E-state index is -0.624. The number of amides is 1. The Labute approximate surface area is 120 Å². The fourth-order valence-electron chi connectivity index (χ4n) is 1.59. The summed E-state index contributed by atoms with van der Waals surface area (Å²) >= 11 is 3.09. The molecule has 0 aromatic heterocycles. The van der Waals surface area contributed by atoms with Crippen molar-refractivity contribution in [3.63, 3.8) is 0 Å². The lowest BCUT2D eigenvalue weighted by Crippen LogP contribution is -2.36.